The Labute approximate surface area is 184 Å². The molecule has 1 atom stereocenters. The van der Waals surface area contributed by atoms with Gasteiger partial charge >= 0.3 is 6.18 Å². The first kappa shape index (κ1) is 26.6. The van der Waals surface area contributed by atoms with Gasteiger partial charge < -0.3 is 22.1 Å². The standard InChI is InChI=1S/C13H19N5O2.C9H9F3/c1-8(18-11(19)6-14)13(20)17-7-9-2-4-10(5-3-9)12(15)16;1-2-7-4-3-5-8(6-7)9(10,11)12/h2-5,8H,6-7,14H2,1H3,(H3,15,16)(H,17,20)(H,18,19);3-6H,2H2,1H3. The van der Waals surface area contributed by atoms with E-state index in [1.165, 1.54) is 12.1 Å². The van der Waals surface area contributed by atoms with Crippen molar-refractivity contribution in [1.82, 2.24) is 10.6 Å². The number of nitrogen functional groups attached to an aromatic ring is 1. The first-order valence-corrected chi connectivity index (χ1v) is 9.84. The van der Waals surface area contributed by atoms with Gasteiger partial charge in [0.1, 0.15) is 11.9 Å². The van der Waals surface area contributed by atoms with Gasteiger partial charge in [-0.3, -0.25) is 15.0 Å². The van der Waals surface area contributed by atoms with Gasteiger partial charge in [0.05, 0.1) is 12.1 Å². The molecule has 0 saturated carbocycles. The maximum absolute atomic E-state index is 12.1. The largest absolute Gasteiger partial charge is 0.416 e. The molecule has 10 heteroatoms. The van der Waals surface area contributed by atoms with E-state index in [1.54, 1.807) is 37.3 Å². The highest BCUT2D eigenvalue weighted by molar-refractivity contribution is 5.94. The second kappa shape index (κ2) is 12.5. The maximum atomic E-state index is 12.1. The van der Waals surface area contributed by atoms with E-state index in [0.717, 1.165) is 11.6 Å². The molecule has 0 bridgehead atoms. The second-order valence-electron chi connectivity index (χ2n) is 6.87. The summed E-state index contributed by atoms with van der Waals surface area (Å²) in [6.07, 6.45) is -3.59. The molecule has 0 radical (unpaired) electrons. The molecule has 7 nitrogen and oxygen atoms in total. The number of hydrogen-bond donors (Lipinski definition) is 5. The topological polar surface area (TPSA) is 134 Å². The molecule has 0 aliphatic heterocycles. The molecular formula is C22H28F3N5O2. The maximum Gasteiger partial charge on any atom is 0.416 e. The van der Waals surface area contributed by atoms with E-state index in [9.17, 15) is 22.8 Å². The Kier molecular flexibility index (Phi) is 10.4. The number of nitrogens with one attached hydrogen (secondary N) is 3. The highest BCUT2D eigenvalue weighted by Crippen LogP contribution is 2.29. The lowest BCUT2D eigenvalue weighted by Gasteiger charge is -2.13. The Morgan fingerprint density at radius 1 is 1.09 bits per heavy atom. The lowest BCUT2D eigenvalue weighted by Crippen LogP contribution is -2.46. The number of hydrogen-bond acceptors (Lipinski definition) is 4. The van der Waals surface area contributed by atoms with Crippen LogP contribution in [0.1, 0.15) is 36.1 Å². The molecule has 2 aromatic carbocycles. The van der Waals surface area contributed by atoms with Crippen LogP contribution in [0.15, 0.2) is 48.5 Å². The summed E-state index contributed by atoms with van der Waals surface area (Å²) in [7, 11) is 0. The van der Waals surface area contributed by atoms with Gasteiger partial charge in [-0.2, -0.15) is 13.2 Å². The minimum atomic E-state index is -4.22. The Morgan fingerprint density at radius 2 is 1.72 bits per heavy atom. The quantitative estimate of drug-likeness (QED) is 0.326. The van der Waals surface area contributed by atoms with Crippen LogP contribution in [0.5, 0.6) is 0 Å². The average molecular weight is 451 g/mol. The lowest BCUT2D eigenvalue weighted by atomic mass is 10.1. The zero-order valence-corrected chi connectivity index (χ0v) is 17.9. The van der Waals surface area contributed by atoms with E-state index in [0.29, 0.717) is 24.1 Å². The van der Waals surface area contributed by atoms with Crippen LogP contribution >= 0.6 is 0 Å². The van der Waals surface area contributed by atoms with Crippen molar-refractivity contribution in [3.05, 3.63) is 70.8 Å². The van der Waals surface area contributed by atoms with Crippen molar-refractivity contribution in [2.24, 2.45) is 11.5 Å². The van der Waals surface area contributed by atoms with Crippen molar-refractivity contribution in [1.29, 1.82) is 5.41 Å². The number of rotatable bonds is 7. The molecule has 0 fully saturated rings. The van der Waals surface area contributed by atoms with Gasteiger partial charge in [-0.05, 0) is 30.5 Å². The monoisotopic (exact) mass is 451 g/mol. The third-order valence-electron chi connectivity index (χ3n) is 4.35. The molecule has 32 heavy (non-hydrogen) atoms. The van der Waals surface area contributed by atoms with Crippen LogP contribution in [-0.4, -0.2) is 30.2 Å². The van der Waals surface area contributed by atoms with Crippen molar-refractivity contribution in [3.8, 4) is 0 Å². The van der Waals surface area contributed by atoms with Crippen molar-refractivity contribution >= 4 is 17.6 Å². The van der Waals surface area contributed by atoms with Crippen molar-refractivity contribution in [2.45, 2.75) is 39.0 Å². The van der Waals surface area contributed by atoms with Crippen LogP contribution in [-0.2, 0) is 28.7 Å². The molecule has 0 saturated heterocycles. The summed E-state index contributed by atoms with van der Waals surface area (Å²) in [4.78, 5) is 22.8. The average Bonchev–Trinajstić information content (AvgIpc) is 2.77. The van der Waals surface area contributed by atoms with E-state index >= 15 is 0 Å². The molecule has 0 heterocycles. The number of benzene rings is 2. The summed E-state index contributed by atoms with van der Waals surface area (Å²) in [5.74, 6) is -0.667. The van der Waals surface area contributed by atoms with Crippen molar-refractivity contribution in [2.75, 3.05) is 6.54 Å². The Bertz CT molecular complexity index is 915. The number of alkyl halides is 3. The molecule has 2 rings (SSSR count). The normalized spacial score (nSPS) is 11.6. The van der Waals surface area contributed by atoms with Crippen molar-refractivity contribution in [3.63, 3.8) is 0 Å². The molecule has 0 aliphatic carbocycles. The fourth-order valence-corrected chi connectivity index (χ4v) is 2.48. The van der Waals surface area contributed by atoms with Crippen LogP contribution in [0, 0.1) is 5.41 Å². The molecule has 7 N–H and O–H groups in total. The Balaban J connectivity index is 0.000000363. The summed E-state index contributed by atoms with van der Waals surface area (Å²) >= 11 is 0. The van der Waals surface area contributed by atoms with Gasteiger partial charge in [-0.25, -0.2) is 0 Å². The molecule has 1 unspecified atom stereocenters. The van der Waals surface area contributed by atoms with E-state index in [-0.39, 0.29) is 24.2 Å². The molecular weight excluding hydrogens is 423 g/mol. The van der Waals surface area contributed by atoms with Gasteiger partial charge in [0.15, 0.2) is 0 Å². The third kappa shape index (κ3) is 9.17. The number of halogens is 3. The van der Waals surface area contributed by atoms with E-state index in [1.807, 2.05) is 6.92 Å². The number of carbonyl (C=O) groups excluding carboxylic acids is 2. The Morgan fingerprint density at radius 3 is 2.22 bits per heavy atom. The first-order valence-electron chi connectivity index (χ1n) is 9.84. The fourth-order valence-electron chi connectivity index (χ4n) is 2.48. The molecule has 2 amide bonds. The summed E-state index contributed by atoms with van der Waals surface area (Å²) < 4.78 is 36.3. The van der Waals surface area contributed by atoms with E-state index < -0.39 is 17.8 Å². The van der Waals surface area contributed by atoms with Gasteiger partial charge in [-0.15, -0.1) is 0 Å². The van der Waals surface area contributed by atoms with Gasteiger partial charge in [0.2, 0.25) is 11.8 Å². The Hall–Kier alpha value is -3.40. The van der Waals surface area contributed by atoms with Crippen LogP contribution in [0.3, 0.4) is 0 Å². The summed E-state index contributed by atoms with van der Waals surface area (Å²) in [6, 6.07) is 11.7. The summed E-state index contributed by atoms with van der Waals surface area (Å²) in [5, 5.41) is 12.4. The van der Waals surface area contributed by atoms with E-state index in [2.05, 4.69) is 10.6 Å². The molecule has 0 aliphatic rings. The van der Waals surface area contributed by atoms with Gasteiger partial charge in [0, 0.05) is 12.1 Å². The second-order valence-corrected chi connectivity index (χ2v) is 6.87. The number of amides is 2. The highest BCUT2D eigenvalue weighted by Gasteiger charge is 2.30. The molecule has 174 valence electrons. The first-order chi connectivity index (χ1) is 15.0. The van der Waals surface area contributed by atoms with Gasteiger partial charge in [0.25, 0.3) is 0 Å². The highest BCUT2D eigenvalue weighted by atomic mass is 19.4. The minimum absolute atomic E-state index is 0.00120. The number of amidine groups is 1. The number of nitrogens with two attached hydrogens (primary N) is 2. The molecule has 0 aromatic heterocycles. The SMILES string of the molecule is CC(NC(=O)CN)C(=O)NCc1ccc(C(=N)N)cc1.CCc1cccc(C(F)(F)F)c1. The van der Waals surface area contributed by atoms with Gasteiger partial charge in [-0.1, -0.05) is 49.4 Å². The molecule has 2 aromatic rings. The number of aryl methyl sites for hydroxylation is 1. The smallest absolute Gasteiger partial charge is 0.384 e. The lowest BCUT2D eigenvalue weighted by molar-refractivity contribution is -0.137. The van der Waals surface area contributed by atoms with Crippen LogP contribution in [0.4, 0.5) is 13.2 Å². The minimum Gasteiger partial charge on any atom is -0.384 e. The van der Waals surface area contributed by atoms with Crippen LogP contribution < -0.4 is 22.1 Å². The predicted octanol–water partition coefficient (Wildman–Crippen LogP) is 2.32. The summed E-state index contributed by atoms with van der Waals surface area (Å²) in [5.41, 5.74) is 12.2. The zero-order chi connectivity index (χ0) is 24.3. The van der Waals surface area contributed by atoms with Crippen molar-refractivity contribution < 1.29 is 22.8 Å². The summed E-state index contributed by atoms with van der Waals surface area (Å²) in [6.45, 7) is 3.60. The third-order valence-corrected chi connectivity index (χ3v) is 4.35. The fraction of sp³-hybridized carbons (Fsp3) is 0.318. The van der Waals surface area contributed by atoms with Crippen LogP contribution in [0.25, 0.3) is 0 Å². The van der Waals surface area contributed by atoms with E-state index in [4.69, 9.17) is 16.9 Å². The van der Waals surface area contributed by atoms with Crippen LogP contribution in [0.2, 0.25) is 0 Å². The molecule has 0 spiro atoms. The predicted molar refractivity (Wildman–Crippen MR) is 117 cm³/mol. The zero-order valence-electron chi connectivity index (χ0n) is 17.9. The number of carbonyl (C=O) groups is 2.